The van der Waals surface area contributed by atoms with Gasteiger partial charge in [0.1, 0.15) is 0 Å². The molecule has 0 fully saturated rings. The van der Waals surface area contributed by atoms with Crippen molar-refractivity contribution >= 4 is 10.8 Å². The molecule has 1 atom stereocenters. The van der Waals surface area contributed by atoms with Crippen molar-refractivity contribution in [2.45, 2.75) is 31.8 Å². The third-order valence-corrected chi connectivity index (χ3v) is 3.70. The molecule has 3 rings (SSSR count). The summed E-state index contributed by atoms with van der Waals surface area (Å²) in [6.07, 6.45) is 0.533. The summed E-state index contributed by atoms with van der Waals surface area (Å²) in [5.74, 6) is 0. The number of benzene rings is 2. The Balaban J connectivity index is 2.42. The lowest BCUT2D eigenvalue weighted by Crippen LogP contribution is -2.12. The van der Waals surface area contributed by atoms with E-state index in [9.17, 15) is 5.11 Å². The van der Waals surface area contributed by atoms with Crippen LogP contribution >= 0.6 is 0 Å². The summed E-state index contributed by atoms with van der Waals surface area (Å²) >= 11 is 0. The highest BCUT2D eigenvalue weighted by Crippen LogP contribution is 2.47. The molecule has 0 bridgehead atoms. The lowest BCUT2D eigenvalue weighted by atomic mass is 9.83. The summed E-state index contributed by atoms with van der Waals surface area (Å²) < 4.78 is 0. The van der Waals surface area contributed by atoms with E-state index in [1.165, 1.54) is 16.3 Å². The predicted octanol–water partition coefficient (Wildman–Crippen LogP) is 3.55. The van der Waals surface area contributed by atoms with Gasteiger partial charge in [-0.05, 0) is 33.7 Å². The van der Waals surface area contributed by atoms with Crippen LogP contribution in [-0.4, -0.2) is 5.11 Å². The highest BCUT2D eigenvalue weighted by molar-refractivity contribution is 5.88. The zero-order valence-electron chi connectivity index (χ0n) is 9.70. The van der Waals surface area contributed by atoms with Gasteiger partial charge in [0.05, 0.1) is 6.10 Å². The largest absolute Gasteiger partial charge is 0.388 e. The van der Waals surface area contributed by atoms with E-state index in [-0.39, 0.29) is 11.5 Å². The fraction of sp³-hybridized carbons (Fsp3) is 0.333. The molecule has 2 aromatic rings. The maximum atomic E-state index is 10.1. The molecule has 1 nitrogen and oxygen atoms in total. The third kappa shape index (κ3) is 1.21. The second-order valence-electron chi connectivity index (χ2n) is 5.35. The summed E-state index contributed by atoms with van der Waals surface area (Å²) in [5, 5.41) is 12.6. The first-order valence-corrected chi connectivity index (χ1v) is 5.80. The molecule has 0 heterocycles. The SMILES string of the molecule is CC1(C)CC(O)c2ccc3ccccc3c21. The topological polar surface area (TPSA) is 20.2 Å². The molecule has 0 aliphatic heterocycles. The van der Waals surface area contributed by atoms with Crippen molar-refractivity contribution in [1.29, 1.82) is 0 Å². The second-order valence-corrected chi connectivity index (χ2v) is 5.35. The smallest absolute Gasteiger partial charge is 0.0801 e. The van der Waals surface area contributed by atoms with Gasteiger partial charge in [-0.1, -0.05) is 50.2 Å². The van der Waals surface area contributed by atoms with Gasteiger partial charge in [0.15, 0.2) is 0 Å². The minimum atomic E-state index is -0.297. The van der Waals surface area contributed by atoms with Gasteiger partial charge in [-0.25, -0.2) is 0 Å². The van der Waals surface area contributed by atoms with Gasteiger partial charge >= 0.3 is 0 Å². The average Bonchev–Trinajstić information content (AvgIpc) is 2.49. The Hall–Kier alpha value is -1.34. The lowest BCUT2D eigenvalue weighted by Gasteiger charge is -2.20. The van der Waals surface area contributed by atoms with E-state index in [4.69, 9.17) is 0 Å². The van der Waals surface area contributed by atoms with Crippen molar-refractivity contribution in [1.82, 2.24) is 0 Å². The first-order chi connectivity index (χ1) is 7.59. The molecule has 1 heteroatoms. The van der Waals surface area contributed by atoms with E-state index in [1.807, 2.05) is 0 Å². The van der Waals surface area contributed by atoms with Crippen LogP contribution in [0.4, 0.5) is 0 Å². The summed E-state index contributed by atoms with van der Waals surface area (Å²) in [5.41, 5.74) is 2.53. The Bertz CT molecular complexity index is 554. The number of aliphatic hydroxyl groups excluding tert-OH is 1. The Kier molecular flexibility index (Phi) is 1.90. The molecule has 1 aliphatic carbocycles. The van der Waals surface area contributed by atoms with Crippen LogP contribution < -0.4 is 0 Å². The molecule has 0 saturated carbocycles. The number of fused-ring (bicyclic) bond motifs is 3. The van der Waals surface area contributed by atoms with Crippen LogP contribution in [0.2, 0.25) is 0 Å². The molecule has 1 unspecified atom stereocenters. The molecule has 0 radical (unpaired) electrons. The quantitative estimate of drug-likeness (QED) is 0.708. The van der Waals surface area contributed by atoms with Crippen LogP contribution in [0, 0.1) is 0 Å². The molecule has 0 amide bonds. The van der Waals surface area contributed by atoms with Gasteiger partial charge < -0.3 is 5.11 Å². The summed E-state index contributed by atoms with van der Waals surface area (Å²) in [6, 6.07) is 12.6. The van der Waals surface area contributed by atoms with E-state index < -0.39 is 0 Å². The molecule has 82 valence electrons. The molecular formula is C15H16O. The van der Waals surface area contributed by atoms with Crippen molar-refractivity contribution in [2.75, 3.05) is 0 Å². The molecule has 1 aliphatic rings. The maximum absolute atomic E-state index is 10.1. The van der Waals surface area contributed by atoms with Crippen molar-refractivity contribution in [3.63, 3.8) is 0 Å². The van der Waals surface area contributed by atoms with E-state index >= 15 is 0 Å². The van der Waals surface area contributed by atoms with Crippen LogP contribution in [0.5, 0.6) is 0 Å². The lowest BCUT2D eigenvalue weighted by molar-refractivity contribution is 0.161. The average molecular weight is 212 g/mol. The minimum absolute atomic E-state index is 0.0790. The van der Waals surface area contributed by atoms with Gasteiger partial charge in [0.2, 0.25) is 0 Å². The van der Waals surface area contributed by atoms with Crippen LogP contribution in [0.15, 0.2) is 36.4 Å². The van der Waals surface area contributed by atoms with Gasteiger partial charge in [0.25, 0.3) is 0 Å². The Morgan fingerprint density at radius 2 is 1.88 bits per heavy atom. The zero-order chi connectivity index (χ0) is 11.3. The second kappa shape index (κ2) is 3.08. The molecular weight excluding hydrogens is 196 g/mol. The molecule has 0 aromatic heterocycles. The molecule has 1 N–H and O–H groups in total. The number of rotatable bonds is 0. The number of aliphatic hydroxyl groups is 1. The first kappa shape index (κ1) is 9.86. The first-order valence-electron chi connectivity index (χ1n) is 5.80. The van der Waals surface area contributed by atoms with Crippen LogP contribution in [0.3, 0.4) is 0 Å². The third-order valence-electron chi connectivity index (χ3n) is 3.70. The van der Waals surface area contributed by atoms with E-state index in [0.717, 1.165) is 12.0 Å². The fourth-order valence-corrected chi connectivity index (χ4v) is 3.02. The molecule has 2 aromatic carbocycles. The summed E-state index contributed by atoms with van der Waals surface area (Å²) in [7, 11) is 0. The van der Waals surface area contributed by atoms with Gasteiger partial charge in [-0.2, -0.15) is 0 Å². The Morgan fingerprint density at radius 3 is 2.69 bits per heavy atom. The maximum Gasteiger partial charge on any atom is 0.0801 e. The fourth-order valence-electron chi connectivity index (χ4n) is 3.02. The van der Waals surface area contributed by atoms with Crippen molar-refractivity contribution < 1.29 is 5.11 Å². The monoisotopic (exact) mass is 212 g/mol. The van der Waals surface area contributed by atoms with Crippen LogP contribution in [0.25, 0.3) is 10.8 Å². The molecule has 0 spiro atoms. The molecule has 16 heavy (non-hydrogen) atoms. The normalized spacial score (nSPS) is 22.3. The van der Waals surface area contributed by atoms with Crippen LogP contribution in [0.1, 0.15) is 37.5 Å². The highest BCUT2D eigenvalue weighted by Gasteiger charge is 2.36. The molecule has 0 saturated heterocycles. The van der Waals surface area contributed by atoms with Gasteiger partial charge in [-0.15, -0.1) is 0 Å². The Morgan fingerprint density at radius 1 is 1.12 bits per heavy atom. The standard InChI is InChI=1S/C15H16O/c1-15(2)9-13(16)12-8-7-10-5-3-4-6-11(10)14(12)15/h3-8,13,16H,9H2,1-2H3. The highest BCUT2D eigenvalue weighted by atomic mass is 16.3. The van der Waals surface area contributed by atoms with Crippen molar-refractivity contribution in [3.05, 3.63) is 47.5 Å². The van der Waals surface area contributed by atoms with Crippen molar-refractivity contribution in [3.8, 4) is 0 Å². The van der Waals surface area contributed by atoms with E-state index in [2.05, 4.69) is 50.2 Å². The Labute approximate surface area is 95.7 Å². The number of hydrogen-bond acceptors (Lipinski definition) is 1. The van der Waals surface area contributed by atoms with Gasteiger partial charge in [-0.3, -0.25) is 0 Å². The zero-order valence-corrected chi connectivity index (χ0v) is 9.70. The van der Waals surface area contributed by atoms with E-state index in [0.29, 0.717) is 0 Å². The minimum Gasteiger partial charge on any atom is -0.388 e. The predicted molar refractivity (Wildman–Crippen MR) is 66.6 cm³/mol. The summed E-state index contributed by atoms with van der Waals surface area (Å²) in [4.78, 5) is 0. The number of hydrogen-bond donors (Lipinski definition) is 1. The summed E-state index contributed by atoms with van der Waals surface area (Å²) in [6.45, 7) is 4.43. The van der Waals surface area contributed by atoms with Crippen LogP contribution in [-0.2, 0) is 5.41 Å². The van der Waals surface area contributed by atoms with Crippen molar-refractivity contribution in [2.24, 2.45) is 0 Å². The van der Waals surface area contributed by atoms with Gasteiger partial charge in [0, 0.05) is 0 Å². The van der Waals surface area contributed by atoms with E-state index in [1.54, 1.807) is 0 Å².